The Balaban J connectivity index is 1.91. The molecule has 1 aliphatic heterocycles. The molecular formula is C12H17NO2. The van der Waals surface area contributed by atoms with Crippen molar-refractivity contribution in [2.24, 2.45) is 0 Å². The maximum absolute atomic E-state index is 5.41. The molecule has 1 N–H and O–H groups in total. The van der Waals surface area contributed by atoms with E-state index in [0.717, 1.165) is 31.9 Å². The fourth-order valence-electron chi connectivity index (χ4n) is 1.80. The number of hydrogen-bond donors (Lipinski definition) is 1. The normalized spacial score (nSPS) is 21.3. The lowest BCUT2D eigenvalue weighted by Crippen LogP contribution is -2.42. The molecule has 1 saturated heterocycles. The Kier molecular flexibility index (Phi) is 3.59. The van der Waals surface area contributed by atoms with Crippen LogP contribution in [-0.2, 0) is 11.2 Å². The van der Waals surface area contributed by atoms with E-state index < -0.39 is 0 Å². The molecule has 0 saturated carbocycles. The number of benzene rings is 1. The van der Waals surface area contributed by atoms with E-state index in [1.165, 1.54) is 5.56 Å². The largest absolute Gasteiger partial charge is 0.497 e. The highest BCUT2D eigenvalue weighted by atomic mass is 16.5. The van der Waals surface area contributed by atoms with Gasteiger partial charge in [-0.3, -0.25) is 0 Å². The van der Waals surface area contributed by atoms with E-state index in [9.17, 15) is 0 Å². The van der Waals surface area contributed by atoms with Crippen molar-refractivity contribution in [1.29, 1.82) is 0 Å². The number of hydrogen-bond acceptors (Lipinski definition) is 3. The van der Waals surface area contributed by atoms with Crippen molar-refractivity contribution in [2.45, 2.75) is 12.5 Å². The van der Waals surface area contributed by atoms with Gasteiger partial charge in [-0.05, 0) is 24.1 Å². The second kappa shape index (κ2) is 5.14. The molecule has 0 amide bonds. The number of ether oxygens (including phenoxy) is 2. The van der Waals surface area contributed by atoms with Crippen LogP contribution < -0.4 is 10.1 Å². The number of morpholine rings is 1. The Morgan fingerprint density at radius 2 is 2.20 bits per heavy atom. The summed E-state index contributed by atoms with van der Waals surface area (Å²) in [7, 11) is 1.69. The molecule has 0 bridgehead atoms. The van der Waals surface area contributed by atoms with Crippen LogP contribution in [0.5, 0.6) is 5.75 Å². The molecule has 2 rings (SSSR count). The van der Waals surface area contributed by atoms with Gasteiger partial charge in [0, 0.05) is 12.6 Å². The van der Waals surface area contributed by atoms with E-state index in [1.54, 1.807) is 7.11 Å². The van der Waals surface area contributed by atoms with Gasteiger partial charge in [0.25, 0.3) is 0 Å². The third kappa shape index (κ3) is 2.94. The molecule has 1 heterocycles. The SMILES string of the molecule is COc1ccc(C[C@@H]2COCCN2)cc1. The van der Waals surface area contributed by atoms with Crippen LogP contribution in [0.3, 0.4) is 0 Å². The van der Waals surface area contributed by atoms with Crippen LogP contribution in [0.2, 0.25) is 0 Å². The molecule has 1 atom stereocenters. The van der Waals surface area contributed by atoms with E-state index in [1.807, 2.05) is 12.1 Å². The summed E-state index contributed by atoms with van der Waals surface area (Å²) in [6.07, 6.45) is 1.02. The fourth-order valence-corrected chi connectivity index (χ4v) is 1.80. The summed E-state index contributed by atoms with van der Waals surface area (Å²) in [6, 6.07) is 8.66. The highest BCUT2D eigenvalue weighted by molar-refractivity contribution is 5.27. The molecule has 0 unspecified atom stereocenters. The van der Waals surface area contributed by atoms with Gasteiger partial charge in [-0.2, -0.15) is 0 Å². The molecule has 0 spiro atoms. The van der Waals surface area contributed by atoms with Crippen molar-refractivity contribution >= 4 is 0 Å². The molecule has 0 aliphatic carbocycles. The second-order valence-corrected chi connectivity index (χ2v) is 3.78. The summed E-state index contributed by atoms with van der Waals surface area (Å²) in [5.41, 5.74) is 1.32. The van der Waals surface area contributed by atoms with E-state index in [4.69, 9.17) is 9.47 Å². The summed E-state index contributed by atoms with van der Waals surface area (Å²) >= 11 is 0. The zero-order valence-corrected chi connectivity index (χ0v) is 9.03. The molecule has 15 heavy (non-hydrogen) atoms. The lowest BCUT2D eigenvalue weighted by atomic mass is 10.1. The molecular weight excluding hydrogens is 190 g/mol. The predicted molar refractivity (Wildman–Crippen MR) is 59.3 cm³/mol. The minimum atomic E-state index is 0.451. The Hall–Kier alpha value is -1.06. The smallest absolute Gasteiger partial charge is 0.118 e. The summed E-state index contributed by atoms with van der Waals surface area (Å²) in [6.45, 7) is 2.60. The van der Waals surface area contributed by atoms with Crippen molar-refractivity contribution < 1.29 is 9.47 Å². The van der Waals surface area contributed by atoms with Crippen molar-refractivity contribution in [3.05, 3.63) is 29.8 Å². The Bertz CT molecular complexity index is 291. The van der Waals surface area contributed by atoms with Crippen molar-refractivity contribution in [3.63, 3.8) is 0 Å². The zero-order valence-electron chi connectivity index (χ0n) is 9.03. The minimum Gasteiger partial charge on any atom is -0.497 e. The summed E-state index contributed by atoms with van der Waals surface area (Å²) in [5, 5.41) is 3.44. The van der Waals surface area contributed by atoms with E-state index in [2.05, 4.69) is 17.4 Å². The minimum absolute atomic E-state index is 0.451. The highest BCUT2D eigenvalue weighted by Crippen LogP contribution is 2.13. The zero-order chi connectivity index (χ0) is 10.5. The predicted octanol–water partition coefficient (Wildman–Crippen LogP) is 1.23. The molecule has 1 aliphatic rings. The summed E-state index contributed by atoms with van der Waals surface area (Å²) in [4.78, 5) is 0. The van der Waals surface area contributed by atoms with Gasteiger partial charge >= 0.3 is 0 Å². The van der Waals surface area contributed by atoms with Crippen LogP contribution in [0, 0.1) is 0 Å². The Morgan fingerprint density at radius 1 is 1.40 bits per heavy atom. The fraction of sp³-hybridized carbons (Fsp3) is 0.500. The first-order valence-electron chi connectivity index (χ1n) is 5.32. The molecule has 3 nitrogen and oxygen atoms in total. The van der Waals surface area contributed by atoms with Crippen molar-refractivity contribution in [2.75, 3.05) is 26.9 Å². The quantitative estimate of drug-likeness (QED) is 0.808. The maximum atomic E-state index is 5.41. The van der Waals surface area contributed by atoms with Gasteiger partial charge in [0.15, 0.2) is 0 Å². The van der Waals surface area contributed by atoms with Gasteiger partial charge in [-0.15, -0.1) is 0 Å². The summed E-state index contributed by atoms with van der Waals surface area (Å²) < 4.78 is 10.5. The van der Waals surface area contributed by atoms with E-state index in [-0.39, 0.29) is 0 Å². The summed E-state index contributed by atoms with van der Waals surface area (Å²) in [5.74, 6) is 0.909. The molecule has 3 heteroatoms. The number of rotatable bonds is 3. The van der Waals surface area contributed by atoms with Crippen LogP contribution in [0.4, 0.5) is 0 Å². The van der Waals surface area contributed by atoms with Crippen LogP contribution in [-0.4, -0.2) is 32.9 Å². The average Bonchev–Trinajstić information content (AvgIpc) is 2.31. The number of nitrogens with one attached hydrogen (secondary N) is 1. The standard InChI is InChI=1S/C12H17NO2/c1-14-12-4-2-10(3-5-12)8-11-9-15-7-6-13-11/h2-5,11,13H,6-9H2,1H3/t11-/m1/s1. The highest BCUT2D eigenvalue weighted by Gasteiger charge is 2.12. The first-order valence-corrected chi connectivity index (χ1v) is 5.32. The monoisotopic (exact) mass is 207 g/mol. The molecule has 0 aromatic heterocycles. The van der Waals surface area contributed by atoms with Crippen molar-refractivity contribution in [1.82, 2.24) is 5.32 Å². The third-order valence-electron chi connectivity index (χ3n) is 2.64. The molecule has 1 aromatic carbocycles. The van der Waals surface area contributed by atoms with Gasteiger partial charge in [0.1, 0.15) is 5.75 Å². The lowest BCUT2D eigenvalue weighted by Gasteiger charge is -2.23. The second-order valence-electron chi connectivity index (χ2n) is 3.78. The van der Waals surface area contributed by atoms with Gasteiger partial charge in [0.05, 0.1) is 20.3 Å². The lowest BCUT2D eigenvalue weighted by molar-refractivity contribution is 0.0770. The third-order valence-corrected chi connectivity index (χ3v) is 2.64. The topological polar surface area (TPSA) is 30.5 Å². The van der Waals surface area contributed by atoms with Crippen LogP contribution in [0.25, 0.3) is 0 Å². The number of methoxy groups -OCH3 is 1. The Labute approximate surface area is 90.4 Å². The maximum Gasteiger partial charge on any atom is 0.118 e. The van der Waals surface area contributed by atoms with Crippen LogP contribution >= 0.6 is 0 Å². The first-order chi connectivity index (χ1) is 7.38. The first kappa shape index (κ1) is 10.5. The molecule has 82 valence electrons. The van der Waals surface area contributed by atoms with E-state index >= 15 is 0 Å². The van der Waals surface area contributed by atoms with Crippen LogP contribution in [0.15, 0.2) is 24.3 Å². The van der Waals surface area contributed by atoms with Crippen molar-refractivity contribution in [3.8, 4) is 5.75 Å². The van der Waals surface area contributed by atoms with Gasteiger partial charge in [-0.1, -0.05) is 12.1 Å². The molecule has 0 radical (unpaired) electrons. The van der Waals surface area contributed by atoms with E-state index in [0.29, 0.717) is 6.04 Å². The molecule has 1 aromatic rings. The van der Waals surface area contributed by atoms with Gasteiger partial charge < -0.3 is 14.8 Å². The van der Waals surface area contributed by atoms with Gasteiger partial charge in [0.2, 0.25) is 0 Å². The Morgan fingerprint density at radius 3 is 2.80 bits per heavy atom. The van der Waals surface area contributed by atoms with Gasteiger partial charge in [-0.25, -0.2) is 0 Å². The molecule has 1 fully saturated rings. The van der Waals surface area contributed by atoms with Crippen LogP contribution in [0.1, 0.15) is 5.56 Å². The average molecular weight is 207 g/mol.